The Bertz CT molecular complexity index is 567. The molecule has 112 valence electrons. The first kappa shape index (κ1) is 16.7. The summed E-state index contributed by atoms with van der Waals surface area (Å²) in [7, 11) is -3.98. The third kappa shape index (κ3) is 4.94. The molecule has 0 amide bonds. The van der Waals surface area contributed by atoms with Crippen LogP contribution < -0.4 is 0 Å². The van der Waals surface area contributed by atoms with Crippen molar-refractivity contribution < 1.29 is 22.1 Å². The fourth-order valence-electron chi connectivity index (χ4n) is 1.37. The molecule has 0 aliphatic carbocycles. The predicted octanol–water partition coefficient (Wildman–Crippen LogP) is 2.43. The van der Waals surface area contributed by atoms with E-state index in [4.69, 9.17) is 8.92 Å². The van der Waals surface area contributed by atoms with Gasteiger partial charge in [0.2, 0.25) is 0 Å². The van der Waals surface area contributed by atoms with Crippen LogP contribution in [0.25, 0.3) is 0 Å². The number of hydrogen-bond acceptors (Lipinski definition) is 5. The van der Waals surface area contributed by atoms with Crippen LogP contribution in [0.1, 0.15) is 33.3 Å². The number of carbonyl (C=O) groups is 1. The molecule has 0 aromatic heterocycles. The Labute approximate surface area is 120 Å². The molecule has 0 radical (unpaired) electrons. The fraction of sp³-hybridized carbons (Fsp3) is 0.500. The van der Waals surface area contributed by atoms with Gasteiger partial charge in [0.25, 0.3) is 10.1 Å². The Kier molecular flexibility index (Phi) is 4.94. The molecule has 0 unspecified atom stereocenters. The van der Waals surface area contributed by atoms with Gasteiger partial charge in [-0.05, 0) is 46.8 Å². The summed E-state index contributed by atoms with van der Waals surface area (Å²) in [6.07, 6.45) is -1.19. The molecule has 1 aromatic carbocycles. The molecule has 0 aliphatic heterocycles. The zero-order chi connectivity index (χ0) is 15.6. The van der Waals surface area contributed by atoms with Crippen LogP contribution in [0.5, 0.6) is 0 Å². The highest BCUT2D eigenvalue weighted by atomic mass is 32.2. The molecule has 6 heteroatoms. The van der Waals surface area contributed by atoms with Crippen molar-refractivity contribution in [1.82, 2.24) is 0 Å². The molecule has 1 atom stereocenters. The molecular formula is C14H20O5S. The molecule has 20 heavy (non-hydrogen) atoms. The normalized spacial score (nSPS) is 13.8. The first-order chi connectivity index (χ1) is 9.01. The van der Waals surface area contributed by atoms with E-state index < -0.39 is 27.8 Å². The van der Waals surface area contributed by atoms with Gasteiger partial charge in [0.15, 0.2) is 6.10 Å². The molecule has 0 heterocycles. The second-order valence-electron chi connectivity index (χ2n) is 5.54. The number of ether oxygens (including phenoxy) is 1. The first-order valence-electron chi connectivity index (χ1n) is 6.24. The Morgan fingerprint density at radius 3 is 2.10 bits per heavy atom. The van der Waals surface area contributed by atoms with E-state index in [1.807, 2.05) is 6.92 Å². The summed E-state index contributed by atoms with van der Waals surface area (Å²) >= 11 is 0. The summed E-state index contributed by atoms with van der Waals surface area (Å²) in [5.41, 5.74) is 0.242. The molecule has 0 fully saturated rings. The summed E-state index contributed by atoms with van der Waals surface area (Å²) in [4.78, 5) is 11.7. The highest BCUT2D eigenvalue weighted by Crippen LogP contribution is 2.17. The largest absolute Gasteiger partial charge is 0.458 e. The quantitative estimate of drug-likeness (QED) is 0.631. The van der Waals surface area contributed by atoms with E-state index in [0.29, 0.717) is 0 Å². The lowest BCUT2D eigenvalue weighted by Crippen LogP contribution is -2.33. The average molecular weight is 300 g/mol. The van der Waals surface area contributed by atoms with Crippen molar-refractivity contribution in [3.8, 4) is 0 Å². The SMILES string of the molecule is Cc1ccc(S(=O)(=O)O[C@H](C)C(=O)OC(C)(C)C)cc1. The van der Waals surface area contributed by atoms with Crippen molar-refractivity contribution in [3.63, 3.8) is 0 Å². The van der Waals surface area contributed by atoms with E-state index in [9.17, 15) is 13.2 Å². The minimum Gasteiger partial charge on any atom is -0.458 e. The second kappa shape index (κ2) is 5.93. The maximum Gasteiger partial charge on any atom is 0.337 e. The van der Waals surface area contributed by atoms with Gasteiger partial charge in [0.05, 0.1) is 4.90 Å². The van der Waals surface area contributed by atoms with Crippen LogP contribution >= 0.6 is 0 Å². The van der Waals surface area contributed by atoms with Crippen molar-refractivity contribution >= 4 is 16.1 Å². The summed E-state index contributed by atoms with van der Waals surface area (Å²) in [5, 5.41) is 0. The predicted molar refractivity (Wildman–Crippen MR) is 74.8 cm³/mol. The van der Waals surface area contributed by atoms with Crippen molar-refractivity contribution in [3.05, 3.63) is 29.8 Å². The van der Waals surface area contributed by atoms with Crippen molar-refractivity contribution in [2.45, 2.75) is 51.2 Å². The highest BCUT2D eigenvalue weighted by Gasteiger charge is 2.27. The van der Waals surface area contributed by atoms with Crippen LogP contribution in [0.2, 0.25) is 0 Å². The lowest BCUT2D eigenvalue weighted by molar-refractivity contribution is -0.162. The number of carbonyl (C=O) groups excluding carboxylic acids is 1. The Hall–Kier alpha value is -1.40. The van der Waals surface area contributed by atoms with Crippen LogP contribution in [0.15, 0.2) is 29.2 Å². The van der Waals surface area contributed by atoms with Crippen molar-refractivity contribution in [2.24, 2.45) is 0 Å². The topological polar surface area (TPSA) is 69.7 Å². The van der Waals surface area contributed by atoms with Gasteiger partial charge in [-0.25, -0.2) is 4.79 Å². The summed E-state index contributed by atoms with van der Waals surface area (Å²) in [5.74, 6) is -0.715. The van der Waals surface area contributed by atoms with E-state index >= 15 is 0 Å². The minimum absolute atomic E-state index is 0.0125. The highest BCUT2D eigenvalue weighted by molar-refractivity contribution is 7.86. The molecule has 5 nitrogen and oxygen atoms in total. The maximum absolute atomic E-state index is 12.0. The Balaban J connectivity index is 2.81. The zero-order valence-electron chi connectivity index (χ0n) is 12.3. The Morgan fingerprint density at radius 2 is 1.65 bits per heavy atom. The number of rotatable bonds is 4. The molecule has 1 rings (SSSR count). The first-order valence-corrected chi connectivity index (χ1v) is 7.65. The molecular weight excluding hydrogens is 280 g/mol. The van der Waals surface area contributed by atoms with Crippen LogP contribution in [0.3, 0.4) is 0 Å². The van der Waals surface area contributed by atoms with E-state index in [1.165, 1.54) is 19.1 Å². The van der Waals surface area contributed by atoms with E-state index in [0.717, 1.165) is 5.56 Å². The summed E-state index contributed by atoms with van der Waals surface area (Å²) in [6, 6.07) is 6.20. The minimum atomic E-state index is -3.98. The molecule has 0 spiro atoms. The summed E-state index contributed by atoms with van der Waals surface area (Å²) in [6.45, 7) is 8.30. The van der Waals surface area contributed by atoms with Gasteiger partial charge < -0.3 is 4.74 Å². The van der Waals surface area contributed by atoms with Crippen LogP contribution in [0, 0.1) is 6.92 Å². The second-order valence-corrected chi connectivity index (χ2v) is 7.11. The van der Waals surface area contributed by atoms with Gasteiger partial charge in [-0.2, -0.15) is 8.42 Å². The van der Waals surface area contributed by atoms with E-state index in [1.54, 1.807) is 32.9 Å². The van der Waals surface area contributed by atoms with Crippen molar-refractivity contribution in [2.75, 3.05) is 0 Å². The standard InChI is InChI=1S/C14H20O5S/c1-10-6-8-12(9-7-10)20(16,17)19-11(2)13(15)18-14(3,4)5/h6-9,11H,1-5H3/t11-/m1/s1. The molecule has 0 aliphatic rings. The molecule has 0 saturated heterocycles. The van der Waals surface area contributed by atoms with Crippen LogP contribution in [-0.4, -0.2) is 26.1 Å². The average Bonchev–Trinajstić information content (AvgIpc) is 2.26. The number of benzene rings is 1. The monoisotopic (exact) mass is 300 g/mol. The number of hydrogen-bond donors (Lipinski definition) is 0. The van der Waals surface area contributed by atoms with Gasteiger partial charge in [-0.3, -0.25) is 4.18 Å². The molecule has 0 bridgehead atoms. The van der Waals surface area contributed by atoms with Gasteiger partial charge in [-0.15, -0.1) is 0 Å². The fourth-order valence-corrected chi connectivity index (χ4v) is 2.41. The number of aryl methyl sites for hydroxylation is 1. The smallest absolute Gasteiger partial charge is 0.337 e. The number of esters is 1. The van der Waals surface area contributed by atoms with Gasteiger partial charge in [0, 0.05) is 0 Å². The lowest BCUT2D eigenvalue weighted by Gasteiger charge is -2.22. The third-order valence-electron chi connectivity index (χ3n) is 2.32. The third-order valence-corrected chi connectivity index (χ3v) is 3.71. The molecule has 0 N–H and O–H groups in total. The van der Waals surface area contributed by atoms with Crippen LogP contribution in [-0.2, 0) is 23.8 Å². The maximum atomic E-state index is 12.0. The zero-order valence-corrected chi connectivity index (χ0v) is 13.2. The summed E-state index contributed by atoms with van der Waals surface area (Å²) < 4.78 is 33.9. The van der Waals surface area contributed by atoms with E-state index in [-0.39, 0.29) is 4.90 Å². The lowest BCUT2D eigenvalue weighted by atomic mass is 10.2. The molecule has 0 saturated carbocycles. The van der Waals surface area contributed by atoms with Gasteiger partial charge in [0.1, 0.15) is 5.60 Å². The van der Waals surface area contributed by atoms with E-state index in [2.05, 4.69) is 0 Å². The van der Waals surface area contributed by atoms with Crippen molar-refractivity contribution in [1.29, 1.82) is 0 Å². The van der Waals surface area contributed by atoms with Crippen LogP contribution in [0.4, 0.5) is 0 Å². The van der Waals surface area contributed by atoms with Gasteiger partial charge >= 0.3 is 5.97 Å². The van der Waals surface area contributed by atoms with Gasteiger partial charge in [-0.1, -0.05) is 17.7 Å². The molecule has 1 aromatic rings. The Morgan fingerprint density at radius 1 is 1.15 bits per heavy atom.